The van der Waals surface area contributed by atoms with Gasteiger partial charge in [-0.15, -0.1) is 0 Å². The molecule has 1 unspecified atom stereocenters. The molecule has 0 amide bonds. The zero-order valence-corrected chi connectivity index (χ0v) is 18.4. The van der Waals surface area contributed by atoms with Crippen LogP contribution in [0.5, 0.6) is 5.75 Å². The van der Waals surface area contributed by atoms with Gasteiger partial charge < -0.3 is 9.64 Å². The number of rotatable bonds is 7. The van der Waals surface area contributed by atoms with E-state index in [4.69, 9.17) is 0 Å². The molecule has 2 nitrogen and oxygen atoms in total. The van der Waals surface area contributed by atoms with E-state index in [1.54, 1.807) is 12.1 Å². The highest BCUT2D eigenvalue weighted by atomic mass is 19.3. The van der Waals surface area contributed by atoms with Crippen LogP contribution < -0.4 is 9.64 Å². The second-order valence-electron chi connectivity index (χ2n) is 7.86. The van der Waals surface area contributed by atoms with Crippen LogP contribution >= 0.6 is 0 Å². The van der Waals surface area contributed by atoms with Crippen molar-refractivity contribution in [3.8, 4) is 5.75 Å². The number of halogens is 3. The van der Waals surface area contributed by atoms with Gasteiger partial charge in [-0.25, -0.2) is 0 Å². The van der Waals surface area contributed by atoms with Crippen LogP contribution in [0.2, 0.25) is 0 Å². The summed E-state index contributed by atoms with van der Waals surface area (Å²) in [5.74, 6) is 0.453. The van der Waals surface area contributed by atoms with E-state index in [2.05, 4.69) is 65.9 Å². The largest absolute Gasteiger partial charge is 0.428 e. The summed E-state index contributed by atoms with van der Waals surface area (Å²) in [5, 5.41) is 2.17. The number of ether oxygens (including phenoxy) is 1. The number of benzene rings is 4. The van der Waals surface area contributed by atoms with Crippen LogP contribution in [0.25, 0.3) is 10.8 Å². The quantitative estimate of drug-likeness (QED) is 0.262. The summed E-state index contributed by atoms with van der Waals surface area (Å²) in [5.41, 5.74) is 3.98. The lowest BCUT2D eigenvalue weighted by atomic mass is 9.98. The molecule has 4 aromatic rings. The van der Waals surface area contributed by atoms with Crippen molar-refractivity contribution < 1.29 is 17.9 Å². The molecule has 0 N–H and O–H groups in total. The molecule has 0 aromatic heterocycles. The topological polar surface area (TPSA) is 12.5 Å². The molecule has 0 saturated heterocycles. The van der Waals surface area contributed by atoms with Gasteiger partial charge in [-0.1, -0.05) is 62.4 Å². The maximum absolute atomic E-state index is 13.2. The highest BCUT2D eigenvalue weighted by Crippen LogP contribution is 2.39. The Morgan fingerprint density at radius 2 is 1.39 bits per heavy atom. The van der Waals surface area contributed by atoms with Crippen molar-refractivity contribution >= 4 is 27.8 Å². The van der Waals surface area contributed by atoms with Crippen LogP contribution in [0.1, 0.15) is 31.7 Å². The predicted molar refractivity (Wildman–Crippen MR) is 128 cm³/mol. The number of fused-ring (bicyclic) bond motifs is 1. The highest BCUT2D eigenvalue weighted by molar-refractivity contribution is 5.98. The minimum atomic E-state index is -2.49. The van der Waals surface area contributed by atoms with Crippen molar-refractivity contribution in [3.63, 3.8) is 0 Å². The normalized spacial score (nSPS) is 11.8. The molecule has 1 atom stereocenters. The first-order valence-electron chi connectivity index (χ1n) is 10.8. The smallest absolute Gasteiger partial charge is 0.344 e. The molecule has 0 fully saturated rings. The summed E-state index contributed by atoms with van der Waals surface area (Å²) in [7, 11) is 0. The third-order valence-corrected chi connectivity index (χ3v) is 5.79. The van der Waals surface area contributed by atoms with Crippen molar-refractivity contribution in [3.05, 3.63) is 109 Å². The van der Waals surface area contributed by atoms with E-state index in [1.165, 1.54) is 17.7 Å². The fraction of sp³-hybridized carbons (Fsp3) is 0.143. The van der Waals surface area contributed by atoms with Gasteiger partial charge in [0, 0.05) is 16.8 Å². The zero-order valence-electron chi connectivity index (χ0n) is 18.4. The standard InChI is InChI=1S/C28H24F3NO/c1-3-19(2)20-11-13-22(14-12-20)32(26-10-6-8-21-7-4-5-9-25(21)26)23-15-17-24(18-16-23)33-28(31)27(29)30/h4-19H,3H2,1-2H3. The molecule has 0 radical (unpaired) electrons. The van der Waals surface area contributed by atoms with E-state index in [1.807, 2.05) is 24.3 Å². The Morgan fingerprint density at radius 3 is 2.03 bits per heavy atom. The second kappa shape index (κ2) is 9.82. The van der Waals surface area contributed by atoms with Crippen molar-refractivity contribution in [2.24, 2.45) is 0 Å². The van der Waals surface area contributed by atoms with Crippen LogP contribution in [-0.4, -0.2) is 0 Å². The third kappa shape index (κ3) is 4.87. The maximum Gasteiger partial charge on any atom is 0.344 e. The van der Waals surface area contributed by atoms with Crippen LogP contribution in [0.4, 0.5) is 30.2 Å². The molecule has 0 aliphatic carbocycles. The Labute approximate surface area is 191 Å². The summed E-state index contributed by atoms with van der Waals surface area (Å²) in [6.07, 6.45) is -1.43. The Hall–Kier alpha value is -3.73. The fourth-order valence-corrected chi connectivity index (χ4v) is 3.82. The Balaban J connectivity index is 1.81. The molecule has 0 bridgehead atoms. The number of nitrogens with zero attached hydrogens (tertiary/aromatic N) is 1. The van der Waals surface area contributed by atoms with Crippen molar-refractivity contribution in [2.75, 3.05) is 4.90 Å². The highest BCUT2D eigenvalue weighted by Gasteiger charge is 2.16. The molecule has 0 aliphatic rings. The van der Waals surface area contributed by atoms with E-state index in [0.717, 1.165) is 34.3 Å². The van der Waals surface area contributed by atoms with Gasteiger partial charge in [0.25, 0.3) is 0 Å². The monoisotopic (exact) mass is 447 g/mol. The van der Waals surface area contributed by atoms with Gasteiger partial charge in [0.1, 0.15) is 5.75 Å². The minimum Gasteiger partial charge on any atom is -0.428 e. The van der Waals surface area contributed by atoms with Crippen molar-refractivity contribution in [2.45, 2.75) is 26.2 Å². The van der Waals surface area contributed by atoms with Crippen LogP contribution in [0.15, 0.2) is 103 Å². The molecule has 168 valence electrons. The van der Waals surface area contributed by atoms with Gasteiger partial charge in [-0.05, 0) is 65.8 Å². The van der Waals surface area contributed by atoms with E-state index >= 15 is 0 Å². The van der Waals surface area contributed by atoms with Gasteiger partial charge >= 0.3 is 12.1 Å². The number of hydrogen-bond acceptors (Lipinski definition) is 2. The molecule has 33 heavy (non-hydrogen) atoms. The van der Waals surface area contributed by atoms with E-state index in [0.29, 0.717) is 5.92 Å². The Bertz CT molecular complexity index is 1260. The average Bonchev–Trinajstić information content (AvgIpc) is 2.85. The van der Waals surface area contributed by atoms with Gasteiger partial charge in [0.15, 0.2) is 0 Å². The van der Waals surface area contributed by atoms with Crippen LogP contribution in [0.3, 0.4) is 0 Å². The lowest BCUT2D eigenvalue weighted by molar-refractivity contribution is 0.241. The first-order valence-corrected chi connectivity index (χ1v) is 10.8. The van der Waals surface area contributed by atoms with Crippen LogP contribution in [0, 0.1) is 0 Å². The molecule has 4 rings (SSSR count). The van der Waals surface area contributed by atoms with Crippen LogP contribution in [-0.2, 0) is 0 Å². The van der Waals surface area contributed by atoms with Crippen molar-refractivity contribution in [1.82, 2.24) is 0 Å². The summed E-state index contributed by atoms with van der Waals surface area (Å²) in [6, 6.07) is 27.1. The molecular formula is C28H24F3NO. The molecular weight excluding hydrogens is 423 g/mol. The first-order chi connectivity index (χ1) is 16.0. The summed E-state index contributed by atoms with van der Waals surface area (Å²) in [4.78, 5) is 2.09. The van der Waals surface area contributed by atoms with Gasteiger partial charge in [0.2, 0.25) is 0 Å². The third-order valence-electron chi connectivity index (χ3n) is 5.79. The Kier molecular flexibility index (Phi) is 6.68. The molecule has 0 spiro atoms. The molecule has 0 saturated carbocycles. The molecule has 4 aromatic carbocycles. The SMILES string of the molecule is CCC(C)c1ccc(N(c2ccc(OC(F)=C(F)F)cc2)c2cccc3ccccc23)cc1. The number of hydrogen-bond donors (Lipinski definition) is 0. The zero-order chi connectivity index (χ0) is 23.4. The molecule has 0 aliphatic heterocycles. The fourth-order valence-electron chi connectivity index (χ4n) is 3.82. The summed E-state index contributed by atoms with van der Waals surface area (Å²) >= 11 is 0. The summed E-state index contributed by atoms with van der Waals surface area (Å²) < 4.78 is 42.6. The second-order valence-corrected chi connectivity index (χ2v) is 7.86. The lowest BCUT2D eigenvalue weighted by Gasteiger charge is -2.27. The maximum atomic E-state index is 13.2. The molecule has 5 heteroatoms. The lowest BCUT2D eigenvalue weighted by Crippen LogP contribution is -2.10. The average molecular weight is 448 g/mol. The van der Waals surface area contributed by atoms with Gasteiger partial charge in [0.05, 0.1) is 5.69 Å². The van der Waals surface area contributed by atoms with E-state index in [-0.39, 0.29) is 5.75 Å². The van der Waals surface area contributed by atoms with Crippen molar-refractivity contribution in [1.29, 1.82) is 0 Å². The van der Waals surface area contributed by atoms with E-state index < -0.39 is 12.1 Å². The van der Waals surface area contributed by atoms with Gasteiger partial charge in [-0.3, -0.25) is 0 Å². The van der Waals surface area contributed by atoms with E-state index in [9.17, 15) is 13.2 Å². The summed E-state index contributed by atoms with van der Waals surface area (Å²) in [6.45, 7) is 4.36. The molecule has 0 heterocycles. The van der Waals surface area contributed by atoms with Gasteiger partial charge in [-0.2, -0.15) is 13.2 Å². The number of anilines is 3. The Morgan fingerprint density at radius 1 is 0.788 bits per heavy atom. The first kappa shape index (κ1) is 22.5. The minimum absolute atomic E-state index is 0.00552. The predicted octanol–water partition coefficient (Wildman–Crippen LogP) is 9.24.